The molecular weight excluding hydrogens is 186 g/mol. The highest BCUT2D eigenvalue weighted by molar-refractivity contribution is 5.82. The van der Waals surface area contributed by atoms with Crippen LogP contribution in [-0.2, 0) is 4.79 Å². The maximum absolute atomic E-state index is 11.6. The highest BCUT2D eigenvalue weighted by Crippen LogP contribution is 2.34. The van der Waals surface area contributed by atoms with Crippen LogP contribution in [-0.4, -0.2) is 30.3 Å². The number of likely N-dealkylation sites (N-methyl/N-ethyl adjacent to an activating group) is 1. The van der Waals surface area contributed by atoms with Gasteiger partial charge in [0.1, 0.15) is 5.78 Å². The van der Waals surface area contributed by atoms with Gasteiger partial charge >= 0.3 is 0 Å². The van der Waals surface area contributed by atoms with Crippen LogP contribution < -0.4 is 0 Å². The summed E-state index contributed by atoms with van der Waals surface area (Å²) >= 11 is 0. The van der Waals surface area contributed by atoms with Crippen molar-refractivity contribution < 1.29 is 4.79 Å². The Morgan fingerprint density at radius 3 is 2.60 bits per heavy atom. The van der Waals surface area contributed by atoms with Gasteiger partial charge in [-0.1, -0.05) is 33.1 Å². The van der Waals surface area contributed by atoms with Crippen LogP contribution in [0.3, 0.4) is 0 Å². The van der Waals surface area contributed by atoms with E-state index in [1.54, 1.807) is 6.92 Å². The SMILES string of the molecule is CCCC(CC)C1CCN(C)C1C(C)=O. The van der Waals surface area contributed by atoms with Crippen molar-refractivity contribution in [2.75, 3.05) is 13.6 Å². The van der Waals surface area contributed by atoms with E-state index in [9.17, 15) is 4.79 Å². The van der Waals surface area contributed by atoms with Gasteiger partial charge in [-0.2, -0.15) is 0 Å². The van der Waals surface area contributed by atoms with Gasteiger partial charge in [0.25, 0.3) is 0 Å². The molecular formula is C13H25NO. The van der Waals surface area contributed by atoms with Crippen LogP contribution >= 0.6 is 0 Å². The van der Waals surface area contributed by atoms with Gasteiger partial charge in [-0.25, -0.2) is 0 Å². The van der Waals surface area contributed by atoms with Crippen LogP contribution in [0.1, 0.15) is 46.5 Å². The number of rotatable bonds is 5. The second-order valence-corrected chi connectivity index (χ2v) is 4.95. The molecule has 0 N–H and O–H groups in total. The first-order valence-electron chi connectivity index (χ1n) is 6.32. The number of hydrogen-bond acceptors (Lipinski definition) is 2. The van der Waals surface area contributed by atoms with Gasteiger partial charge in [0.05, 0.1) is 6.04 Å². The van der Waals surface area contributed by atoms with Gasteiger partial charge < -0.3 is 0 Å². The normalized spacial score (nSPS) is 29.3. The monoisotopic (exact) mass is 211 g/mol. The molecule has 1 aliphatic heterocycles. The van der Waals surface area contributed by atoms with E-state index in [4.69, 9.17) is 0 Å². The van der Waals surface area contributed by atoms with Crippen molar-refractivity contribution in [3.8, 4) is 0 Å². The fourth-order valence-corrected chi connectivity index (χ4v) is 3.17. The maximum Gasteiger partial charge on any atom is 0.147 e. The number of hydrogen-bond donors (Lipinski definition) is 0. The minimum Gasteiger partial charge on any atom is -0.298 e. The van der Waals surface area contributed by atoms with E-state index in [-0.39, 0.29) is 6.04 Å². The average molecular weight is 211 g/mol. The number of carbonyl (C=O) groups excluding carboxylic acids is 1. The number of likely N-dealkylation sites (tertiary alicyclic amines) is 1. The molecule has 3 unspecified atom stereocenters. The lowest BCUT2D eigenvalue weighted by molar-refractivity contribution is -0.122. The molecule has 0 bridgehead atoms. The Labute approximate surface area is 94.0 Å². The smallest absolute Gasteiger partial charge is 0.147 e. The molecule has 1 saturated heterocycles. The summed E-state index contributed by atoms with van der Waals surface area (Å²) < 4.78 is 0. The second kappa shape index (κ2) is 5.64. The predicted octanol–water partition coefficient (Wildman–Crippen LogP) is 2.72. The summed E-state index contributed by atoms with van der Waals surface area (Å²) in [5.74, 6) is 1.71. The Morgan fingerprint density at radius 1 is 1.47 bits per heavy atom. The van der Waals surface area contributed by atoms with Crippen molar-refractivity contribution in [2.24, 2.45) is 11.8 Å². The first kappa shape index (κ1) is 12.7. The minimum absolute atomic E-state index is 0.196. The van der Waals surface area contributed by atoms with Gasteiger partial charge in [-0.15, -0.1) is 0 Å². The summed E-state index contributed by atoms with van der Waals surface area (Å²) in [7, 11) is 2.09. The molecule has 0 spiro atoms. The summed E-state index contributed by atoms with van der Waals surface area (Å²) in [4.78, 5) is 13.9. The minimum atomic E-state index is 0.196. The zero-order chi connectivity index (χ0) is 11.4. The van der Waals surface area contributed by atoms with E-state index in [2.05, 4.69) is 25.8 Å². The summed E-state index contributed by atoms with van der Waals surface area (Å²) in [6.07, 6.45) is 4.94. The fraction of sp³-hybridized carbons (Fsp3) is 0.923. The number of ketones is 1. The quantitative estimate of drug-likeness (QED) is 0.697. The summed E-state index contributed by atoms with van der Waals surface area (Å²) in [5, 5.41) is 0. The molecule has 15 heavy (non-hydrogen) atoms. The molecule has 0 aliphatic carbocycles. The van der Waals surface area contributed by atoms with Crippen molar-refractivity contribution in [3.05, 3.63) is 0 Å². The third-order valence-electron chi connectivity index (χ3n) is 3.90. The van der Waals surface area contributed by atoms with Crippen LogP contribution in [0.15, 0.2) is 0 Å². The van der Waals surface area contributed by atoms with Crippen molar-refractivity contribution in [3.63, 3.8) is 0 Å². The Morgan fingerprint density at radius 2 is 2.13 bits per heavy atom. The van der Waals surface area contributed by atoms with Crippen molar-refractivity contribution in [1.82, 2.24) is 4.90 Å². The first-order valence-corrected chi connectivity index (χ1v) is 6.32. The predicted molar refractivity (Wildman–Crippen MR) is 63.9 cm³/mol. The fourth-order valence-electron chi connectivity index (χ4n) is 3.17. The number of carbonyl (C=O) groups is 1. The lowest BCUT2D eigenvalue weighted by atomic mass is 9.80. The van der Waals surface area contributed by atoms with Crippen LogP contribution in [0.25, 0.3) is 0 Å². The third kappa shape index (κ3) is 2.81. The summed E-state index contributed by atoms with van der Waals surface area (Å²) in [5.41, 5.74) is 0. The molecule has 1 aliphatic rings. The highest BCUT2D eigenvalue weighted by Gasteiger charge is 2.38. The van der Waals surface area contributed by atoms with Gasteiger partial charge in [0, 0.05) is 0 Å². The number of nitrogens with zero attached hydrogens (tertiary/aromatic N) is 1. The highest BCUT2D eigenvalue weighted by atomic mass is 16.1. The molecule has 1 rings (SSSR count). The molecule has 3 atom stereocenters. The van der Waals surface area contributed by atoms with Crippen LogP contribution in [0.5, 0.6) is 0 Å². The maximum atomic E-state index is 11.6. The van der Waals surface area contributed by atoms with Gasteiger partial charge in [0.2, 0.25) is 0 Å². The van der Waals surface area contributed by atoms with E-state index in [0.29, 0.717) is 11.7 Å². The van der Waals surface area contributed by atoms with Gasteiger partial charge in [0.15, 0.2) is 0 Å². The van der Waals surface area contributed by atoms with E-state index < -0.39 is 0 Å². The van der Waals surface area contributed by atoms with Crippen LogP contribution in [0, 0.1) is 11.8 Å². The molecule has 2 nitrogen and oxygen atoms in total. The Hall–Kier alpha value is -0.370. The number of Topliss-reactive ketones (excluding diaryl/α,β-unsaturated/α-hetero) is 1. The molecule has 2 heteroatoms. The topological polar surface area (TPSA) is 20.3 Å². The Bertz CT molecular complexity index is 215. The lowest BCUT2D eigenvalue weighted by Crippen LogP contribution is -2.38. The van der Waals surface area contributed by atoms with Crippen LogP contribution in [0.4, 0.5) is 0 Å². The first-order chi connectivity index (χ1) is 7.11. The Balaban J connectivity index is 2.70. The van der Waals surface area contributed by atoms with Crippen molar-refractivity contribution in [1.29, 1.82) is 0 Å². The zero-order valence-corrected chi connectivity index (χ0v) is 10.6. The molecule has 0 aromatic rings. The van der Waals surface area contributed by atoms with E-state index in [0.717, 1.165) is 12.5 Å². The molecule has 0 radical (unpaired) electrons. The lowest BCUT2D eigenvalue weighted by Gasteiger charge is -2.28. The summed E-state index contributed by atoms with van der Waals surface area (Å²) in [6.45, 7) is 7.34. The second-order valence-electron chi connectivity index (χ2n) is 4.95. The van der Waals surface area contributed by atoms with Gasteiger partial charge in [-0.3, -0.25) is 9.69 Å². The van der Waals surface area contributed by atoms with E-state index in [1.165, 1.54) is 25.7 Å². The summed E-state index contributed by atoms with van der Waals surface area (Å²) in [6, 6.07) is 0.196. The molecule has 1 heterocycles. The molecule has 88 valence electrons. The Kier molecular flexibility index (Phi) is 4.78. The zero-order valence-electron chi connectivity index (χ0n) is 10.6. The largest absolute Gasteiger partial charge is 0.298 e. The molecule has 0 saturated carbocycles. The van der Waals surface area contributed by atoms with Crippen molar-refractivity contribution in [2.45, 2.75) is 52.5 Å². The standard InChI is InChI=1S/C13H25NO/c1-5-7-11(6-2)12-8-9-14(4)13(12)10(3)15/h11-13H,5-9H2,1-4H3. The van der Waals surface area contributed by atoms with E-state index >= 15 is 0 Å². The average Bonchev–Trinajstić information content (AvgIpc) is 2.56. The van der Waals surface area contributed by atoms with Gasteiger partial charge in [-0.05, 0) is 38.8 Å². The molecule has 0 amide bonds. The molecule has 0 aromatic heterocycles. The molecule has 1 fully saturated rings. The third-order valence-corrected chi connectivity index (χ3v) is 3.90. The van der Waals surface area contributed by atoms with E-state index in [1.807, 2.05) is 0 Å². The van der Waals surface area contributed by atoms with Crippen molar-refractivity contribution >= 4 is 5.78 Å². The van der Waals surface area contributed by atoms with Crippen LogP contribution in [0.2, 0.25) is 0 Å². The molecule has 0 aromatic carbocycles.